The number of nitrogens with zero attached hydrogens (tertiary/aromatic N) is 1. The maximum absolute atomic E-state index is 3.74. The first-order valence-corrected chi connectivity index (χ1v) is 8.99. The Balaban J connectivity index is 1.65. The molecule has 1 saturated carbocycles. The Bertz CT molecular complexity index is 315. The quantitative estimate of drug-likeness (QED) is 0.850. The number of hydrogen-bond acceptors (Lipinski definition) is 2. The van der Waals surface area contributed by atoms with Crippen molar-refractivity contribution in [2.75, 3.05) is 14.1 Å². The van der Waals surface area contributed by atoms with Crippen LogP contribution in [0.4, 0.5) is 0 Å². The Morgan fingerprint density at radius 3 is 2.05 bits per heavy atom. The molecule has 2 heterocycles. The summed E-state index contributed by atoms with van der Waals surface area (Å²) >= 11 is 0. The zero-order valence-corrected chi connectivity index (χ0v) is 13.9. The molecule has 2 bridgehead atoms. The van der Waals surface area contributed by atoms with Gasteiger partial charge < -0.3 is 10.2 Å². The van der Waals surface area contributed by atoms with Gasteiger partial charge in [-0.2, -0.15) is 0 Å². The lowest BCUT2D eigenvalue weighted by Crippen LogP contribution is -2.50. The van der Waals surface area contributed by atoms with Crippen molar-refractivity contribution in [1.82, 2.24) is 10.2 Å². The fourth-order valence-electron chi connectivity index (χ4n) is 5.52. The smallest absolute Gasteiger partial charge is 0.0122 e. The van der Waals surface area contributed by atoms with E-state index in [9.17, 15) is 0 Å². The summed E-state index contributed by atoms with van der Waals surface area (Å²) < 4.78 is 0. The van der Waals surface area contributed by atoms with Gasteiger partial charge in [-0.15, -0.1) is 0 Å². The molecule has 2 aliphatic heterocycles. The average Bonchev–Trinajstić information content (AvgIpc) is 2.65. The number of fused-ring (bicyclic) bond motifs is 2. The first-order chi connectivity index (χ1) is 9.60. The van der Waals surface area contributed by atoms with E-state index in [0.29, 0.717) is 0 Å². The summed E-state index contributed by atoms with van der Waals surface area (Å²) in [6.07, 6.45) is 10.1. The molecular weight excluding hydrogens is 244 g/mol. The van der Waals surface area contributed by atoms with Gasteiger partial charge in [0.15, 0.2) is 0 Å². The minimum atomic E-state index is 0.779. The van der Waals surface area contributed by atoms with Crippen LogP contribution in [0, 0.1) is 23.7 Å². The number of rotatable bonds is 3. The molecule has 1 N–H and O–H groups in total. The van der Waals surface area contributed by atoms with Crippen LogP contribution in [0.2, 0.25) is 0 Å². The lowest BCUT2D eigenvalue weighted by molar-refractivity contribution is 0.0753. The maximum Gasteiger partial charge on any atom is 0.0122 e. The van der Waals surface area contributed by atoms with Gasteiger partial charge in [0.1, 0.15) is 0 Å². The molecule has 2 saturated heterocycles. The molecule has 3 fully saturated rings. The van der Waals surface area contributed by atoms with E-state index in [2.05, 4.69) is 38.2 Å². The topological polar surface area (TPSA) is 15.3 Å². The summed E-state index contributed by atoms with van der Waals surface area (Å²) in [7, 11) is 4.57. The summed E-state index contributed by atoms with van der Waals surface area (Å²) in [5.41, 5.74) is 0. The maximum atomic E-state index is 3.74. The highest BCUT2D eigenvalue weighted by molar-refractivity contribution is 4.98. The second-order valence-corrected chi connectivity index (χ2v) is 8.12. The summed E-state index contributed by atoms with van der Waals surface area (Å²) in [5.74, 6) is 3.73. The van der Waals surface area contributed by atoms with Crippen LogP contribution in [-0.4, -0.2) is 37.1 Å². The molecule has 0 aromatic carbocycles. The third kappa shape index (κ3) is 2.66. The van der Waals surface area contributed by atoms with E-state index in [4.69, 9.17) is 0 Å². The van der Waals surface area contributed by atoms with Crippen molar-refractivity contribution in [3.63, 3.8) is 0 Å². The molecular formula is C18H34N2. The molecule has 3 rings (SSSR count). The van der Waals surface area contributed by atoms with E-state index in [1.165, 1.54) is 44.9 Å². The lowest BCUT2D eigenvalue weighted by atomic mass is 9.69. The Labute approximate surface area is 125 Å². The normalized spacial score (nSPS) is 47.4. The Morgan fingerprint density at radius 2 is 1.50 bits per heavy atom. The third-order valence-electron chi connectivity index (χ3n) is 7.12. The Hall–Kier alpha value is -0.0800. The van der Waals surface area contributed by atoms with Crippen LogP contribution in [0.25, 0.3) is 0 Å². The van der Waals surface area contributed by atoms with Gasteiger partial charge in [0.25, 0.3) is 0 Å². The minimum Gasteiger partial charge on any atom is -0.316 e. The van der Waals surface area contributed by atoms with E-state index in [1.807, 2.05) is 0 Å². The summed E-state index contributed by atoms with van der Waals surface area (Å²) in [5, 5.41) is 3.74. The fraction of sp³-hybridized carbons (Fsp3) is 1.00. The van der Waals surface area contributed by atoms with Crippen LogP contribution < -0.4 is 5.32 Å². The predicted octanol–water partition coefficient (Wildman–Crippen LogP) is 3.52. The van der Waals surface area contributed by atoms with Crippen molar-refractivity contribution in [1.29, 1.82) is 0 Å². The number of nitrogens with one attached hydrogen (secondary N) is 1. The molecule has 2 nitrogen and oxygen atoms in total. The standard InChI is InChI=1S/C18H34N2/c1-12-5-6-14(9-13(12)2)18(19-3)15-10-16-7-8-17(11-15)20(16)4/h12-19H,5-11H2,1-4H3. The highest BCUT2D eigenvalue weighted by atomic mass is 15.2. The zero-order chi connectivity index (χ0) is 14.3. The first-order valence-electron chi connectivity index (χ1n) is 8.99. The van der Waals surface area contributed by atoms with Crippen LogP contribution in [0.5, 0.6) is 0 Å². The second kappa shape index (κ2) is 5.96. The van der Waals surface area contributed by atoms with Crippen LogP contribution in [0.15, 0.2) is 0 Å². The molecule has 1 aliphatic carbocycles. The van der Waals surface area contributed by atoms with E-state index in [0.717, 1.165) is 41.8 Å². The van der Waals surface area contributed by atoms with E-state index < -0.39 is 0 Å². The second-order valence-electron chi connectivity index (χ2n) is 8.12. The molecule has 0 aromatic heterocycles. The van der Waals surface area contributed by atoms with Gasteiger partial charge >= 0.3 is 0 Å². The zero-order valence-electron chi connectivity index (χ0n) is 13.9. The third-order valence-corrected chi connectivity index (χ3v) is 7.12. The van der Waals surface area contributed by atoms with Gasteiger partial charge in [-0.05, 0) is 76.3 Å². The van der Waals surface area contributed by atoms with Crippen molar-refractivity contribution in [2.24, 2.45) is 23.7 Å². The largest absolute Gasteiger partial charge is 0.316 e. The lowest BCUT2D eigenvalue weighted by Gasteiger charge is -2.44. The molecule has 6 unspecified atom stereocenters. The van der Waals surface area contributed by atoms with Gasteiger partial charge in [0.2, 0.25) is 0 Å². The summed E-state index contributed by atoms with van der Waals surface area (Å²) in [4.78, 5) is 2.68. The number of piperidine rings is 1. The SMILES string of the molecule is CNC(C1CCC(C)C(C)C1)C1CC2CCC(C1)N2C. The number of hydrogen-bond donors (Lipinski definition) is 1. The van der Waals surface area contributed by atoms with Gasteiger partial charge in [0.05, 0.1) is 0 Å². The molecule has 6 atom stereocenters. The molecule has 2 heteroatoms. The summed E-state index contributed by atoms with van der Waals surface area (Å²) in [6, 6.07) is 2.55. The molecule has 116 valence electrons. The van der Waals surface area contributed by atoms with Crippen LogP contribution in [0.1, 0.15) is 58.8 Å². The van der Waals surface area contributed by atoms with Gasteiger partial charge in [0, 0.05) is 18.1 Å². The van der Waals surface area contributed by atoms with Crippen LogP contribution in [0.3, 0.4) is 0 Å². The van der Waals surface area contributed by atoms with Crippen molar-refractivity contribution >= 4 is 0 Å². The van der Waals surface area contributed by atoms with Crippen molar-refractivity contribution in [3.8, 4) is 0 Å². The van der Waals surface area contributed by atoms with Crippen molar-refractivity contribution < 1.29 is 0 Å². The van der Waals surface area contributed by atoms with E-state index in [1.54, 1.807) is 0 Å². The molecule has 0 radical (unpaired) electrons. The fourth-order valence-corrected chi connectivity index (χ4v) is 5.52. The van der Waals surface area contributed by atoms with Crippen LogP contribution >= 0.6 is 0 Å². The average molecular weight is 278 g/mol. The van der Waals surface area contributed by atoms with Crippen molar-refractivity contribution in [3.05, 3.63) is 0 Å². The molecule has 0 spiro atoms. The molecule has 3 aliphatic rings. The van der Waals surface area contributed by atoms with Crippen molar-refractivity contribution in [2.45, 2.75) is 76.9 Å². The van der Waals surface area contributed by atoms with Crippen LogP contribution in [-0.2, 0) is 0 Å². The summed E-state index contributed by atoms with van der Waals surface area (Å²) in [6.45, 7) is 4.92. The highest BCUT2D eigenvalue weighted by Gasteiger charge is 2.43. The highest BCUT2D eigenvalue weighted by Crippen LogP contribution is 2.43. The molecule has 20 heavy (non-hydrogen) atoms. The van der Waals surface area contributed by atoms with Gasteiger partial charge in [-0.1, -0.05) is 20.3 Å². The van der Waals surface area contributed by atoms with Gasteiger partial charge in [-0.25, -0.2) is 0 Å². The van der Waals surface area contributed by atoms with E-state index in [-0.39, 0.29) is 0 Å². The van der Waals surface area contributed by atoms with E-state index >= 15 is 0 Å². The molecule has 0 amide bonds. The minimum absolute atomic E-state index is 0.779. The Morgan fingerprint density at radius 1 is 0.850 bits per heavy atom. The predicted molar refractivity (Wildman–Crippen MR) is 85.8 cm³/mol. The monoisotopic (exact) mass is 278 g/mol. The first kappa shape index (κ1) is 14.8. The molecule has 0 aromatic rings. The Kier molecular flexibility index (Phi) is 4.42. The van der Waals surface area contributed by atoms with Gasteiger partial charge in [-0.3, -0.25) is 0 Å².